The Kier molecular flexibility index (Phi) is 25.6. The lowest BCUT2D eigenvalue weighted by Gasteiger charge is -2.21. The van der Waals surface area contributed by atoms with Crippen molar-refractivity contribution in [2.45, 2.75) is 125 Å². The smallest absolute Gasteiger partial charge is 0.342 e. The van der Waals surface area contributed by atoms with Crippen LogP contribution in [0.3, 0.4) is 0 Å². The third-order valence-corrected chi connectivity index (χ3v) is 19.1. The number of aliphatic hydroxyl groups is 1. The highest BCUT2D eigenvalue weighted by molar-refractivity contribution is 9.10. The molecule has 2 aromatic carbocycles. The minimum Gasteiger partial charge on any atom is -0.496 e. The summed E-state index contributed by atoms with van der Waals surface area (Å²) in [7, 11) is -3.23. The quantitative estimate of drug-likeness (QED) is 0.0393. The standard InChI is InChI=1S/C24H39O6PSi.C21H32O5Si.C3H8BrOP.CH4/c1-9-18(14-28-16-31(4,5)26)10-11-19-22(27-3)17(2)20-15-30-24(25)21(20)23(19)29-12-13-32(6,7)8;1-7-15(12-22)8-9-16-19(24-3)14(2)17-13-26-21(23)18(17)20(16)25-10-11-27(4,5)6;1-6(2,5)3-4;/h10H,9,11-16H2,1-8H3;8,22H,7,9-13H2,1-6H3;3H2,1-2H3;1H4/b18-10+;15-8+;;. The minimum absolute atomic E-state index is 0. The first kappa shape index (κ1) is 61.4. The Morgan fingerprint density at radius 3 is 1.38 bits per heavy atom. The van der Waals surface area contributed by atoms with Crippen LogP contribution in [0.1, 0.15) is 88.2 Å². The van der Waals surface area contributed by atoms with Gasteiger partial charge in [0.25, 0.3) is 0 Å². The van der Waals surface area contributed by atoms with Crippen LogP contribution in [0.4, 0.5) is 0 Å². The van der Waals surface area contributed by atoms with E-state index >= 15 is 0 Å². The molecule has 0 saturated heterocycles. The van der Waals surface area contributed by atoms with Crippen LogP contribution in [0.15, 0.2) is 23.3 Å². The number of hydrogen-bond donors (Lipinski definition) is 1. The Hall–Kier alpha value is -2.65. The highest BCUT2D eigenvalue weighted by Gasteiger charge is 2.35. The number of hydrogen-bond acceptors (Lipinski definition) is 12. The van der Waals surface area contributed by atoms with Crippen molar-refractivity contribution >= 4 is 58.3 Å². The number of cyclic esters (lactones) is 2. The monoisotopic (exact) mass is 1060 g/mol. The van der Waals surface area contributed by atoms with Crippen LogP contribution < -0.4 is 18.9 Å². The fourth-order valence-electron chi connectivity index (χ4n) is 6.77. The van der Waals surface area contributed by atoms with Gasteiger partial charge in [-0.15, -0.1) is 0 Å². The summed E-state index contributed by atoms with van der Waals surface area (Å²) in [6.45, 7) is 30.8. The molecule has 2 aliphatic rings. The summed E-state index contributed by atoms with van der Waals surface area (Å²) in [6, 6.07) is 1.99. The molecule has 4 rings (SSSR count). The molecule has 0 saturated carbocycles. The van der Waals surface area contributed by atoms with Gasteiger partial charge in [0, 0.05) is 38.4 Å². The normalized spacial score (nSPS) is 13.8. The number of carbonyl (C=O) groups is 2. The number of aliphatic hydroxyl groups excluding tert-OH is 1. The van der Waals surface area contributed by atoms with Crippen molar-refractivity contribution in [3.8, 4) is 23.0 Å². The zero-order chi connectivity index (χ0) is 49.5. The minimum atomic E-state index is -2.22. The maximum absolute atomic E-state index is 12.6. The maximum atomic E-state index is 12.6. The average Bonchev–Trinajstić information content (AvgIpc) is 3.80. The van der Waals surface area contributed by atoms with E-state index in [-0.39, 0.29) is 45.5 Å². The zero-order valence-corrected chi connectivity index (χ0v) is 47.6. The first-order valence-electron chi connectivity index (χ1n) is 22.4. The van der Waals surface area contributed by atoms with E-state index in [4.69, 9.17) is 33.2 Å². The van der Waals surface area contributed by atoms with Gasteiger partial charge in [-0.05, 0) is 101 Å². The predicted octanol–water partition coefficient (Wildman–Crippen LogP) is 12.7. The predicted molar refractivity (Wildman–Crippen MR) is 282 cm³/mol. The van der Waals surface area contributed by atoms with Crippen molar-refractivity contribution in [3.05, 3.63) is 67.8 Å². The second kappa shape index (κ2) is 27.5. The summed E-state index contributed by atoms with van der Waals surface area (Å²) >= 11 is 3.11. The number of rotatable bonds is 22. The van der Waals surface area contributed by atoms with E-state index in [0.29, 0.717) is 60.4 Å². The first-order chi connectivity index (χ1) is 30.2. The summed E-state index contributed by atoms with van der Waals surface area (Å²) < 4.78 is 62.7. The molecule has 2 aliphatic heterocycles. The lowest BCUT2D eigenvalue weighted by Crippen LogP contribution is -2.23. The number of halogens is 1. The molecule has 0 aromatic heterocycles. The van der Waals surface area contributed by atoms with Crippen molar-refractivity contribution < 1.29 is 57.0 Å². The van der Waals surface area contributed by atoms with E-state index in [2.05, 4.69) is 68.2 Å². The third kappa shape index (κ3) is 19.4. The molecule has 0 atom stereocenters. The van der Waals surface area contributed by atoms with E-state index in [0.717, 1.165) is 81.0 Å². The number of carbonyl (C=O) groups excluding carboxylic acids is 2. The van der Waals surface area contributed by atoms with Crippen LogP contribution >= 0.6 is 30.2 Å². The molecule has 0 bridgehead atoms. The molecule has 12 nitrogen and oxygen atoms in total. The molecule has 66 heavy (non-hydrogen) atoms. The number of fused-ring (bicyclic) bond motifs is 2. The van der Waals surface area contributed by atoms with Crippen molar-refractivity contribution in [1.82, 2.24) is 0 Å². The number of ether oxygens (including phenoxy) is 7. The Balaban J connectivity index is 0.000000585. The van der Waals surface area contributed by atoms with Gasteiger partial charge in [-0.3, -0.25) is 0 Å². The molecule has 376 valence electrons. The van der Waals surface area contributed by atoms with E-state index in [1.54, 1.807) is 40.9 Å². The highest BCUT2D eigenvalue weighted by Crippen LogP contribution is 2.45. The Morgan fingerprint density at radius 2 is 1.08 bits per heavy atom. The van der Waals surface area contributed by atoms with Gasteiger partial charge in [-0.25, -0.2) is 9.59 Å². The Labute approximate surface area is 408 Å². The van der Waals surface area contributed by atoms with Gasteiger partial charge in [-0.1, -0.05) is 88.6 Å². The Morgan fingerprint density at radius 1 is 0.697 bits per heavy atom. The summed E-state index contributed by atoms with van der Waals surface area (Å²) in [5.74, 6) is 1.98. The van der Waals surface area contributed by atoms with E-state index in [1.807, 2.05) is 26.8 Å². The third-order valence-electron chi connectivity index (χ3n) is 10.7. The van der Waals surface area contributed by atoms with E-state index < -0.39 is 30.4 Å². The molecule has 0 amide bonds. The highest BCUT2D eigenvalue weighted by atomic mass is 79.9. The van der Waals surface area contributed by atoms with Crippen LogP contribution in [-0.4, -0.2) is 112 Å². The lowest BCUT2D eigenvalue weighted by atomic mass is 9.94. The molecule has 2 aromatic rings. The average molecular weight is 1060 g/mol. The maximum Gasteiger partial charge on any atom is 0.342 e. The molecular formula is C49H83BrO12P2Si2. The van der Waals surface area contributed by atoms with Crippen molar-refractivity contribution in [3.63, 3.8) is 0 Å². The van der Waals surface area contributed by atoms with Crippen LogP contribution in [0.2, 0.25) is 51.4 Å². The van der Waals surface area contributed by atoms with Crippen molar-refractivity contribution in [2.24, 2.45) is 0 Å². The Bertz CT molecular complexity index is 2100. The van der Waals surface area contributed by atoms with Crippen LogP contribution in [0.5, 0.6) is 23.0 Å². The molecule has 0 aliphatic carbocycles. The molecule has 0 fully saturated rings. The topological polar surface area (TPSA) is 153 Å². The van der Waals surface area contributed by atoms with E-state index in [1.165, 1.54) is 0 Å². The SMILES string of the molecule is C.CC/C(=C\Cc1c(OC)c(C)c2c(c1OCC[Si](C)(C)C)C(=O)OC2)CO.CC/C(=C\Cc1c(OC)c(C)c2c(c1OCC[Si](C)(C)C)C(=O)OC2)COCP(C)(C)=O.CP(C)(=O)CBr. The molecule has 17 heteroatoms. The van der Waals surface area contributed by atoms with Gasteiger partial charge in [-0.2, -0.15) is 0 Å². The molecule has 0 unspecified atom stereocenters. The summed E-state index contributed by atoms with van der Waals surface area (Å²) in [5, 5.41) is 10.1. The number of allylic oxidation sites excluding steroid dienone is 2. The second-order valence-corrected chi connectivity index (χ2v) is 39.4. The van der Waals surface area contributed by atoms with Gasteiger partial charge in [0.15, 0.2) is 0 Å². The molecular weight excluding hydrogens is 979 g/mol. The van der Waals surface area contributed by atoms with Crippen molar-refractivity contribution in [1.29, 1.82) is 0 Å². The van der Waals surface area contributed by atoms with Crippen LogP contribution in [0, 0.1) is 13.8 Å². The van der Waals surface area contributed by atoms with Crippen LogP contribution in [-0.2, 0) is 49.4 Å². The molecule has 0 spiro atoms. The van der Waals surface area contributed by atoms with Gasteiger partial charge >= 0.3 is 11.9 Å². The second-order valence-electron chi connectivity index (χ2n) is 19.9. The molecule has 2 heterocycles. The zero-order valence-electron chi connectivity index (χ0n) is 42.3. The summed E-state index contributed by atoms with van der Waals surface area (Å²) in [4.78, 5) is 25.0. The van der Waals surface area contributed by atoms with Gasteiger partial charge < -0.3 is 47.4 Å². The molecule has 0 radical (unpaired) electrons. The summed E-state index contributed by atoms with van der Waals surface area (Å²) in [6.07, 6.45) is 7.05. The first-order valence-corrected chi connectivity index (χ1v) is 36.5. The van der Waals surface area contributed by atoms with Crippen LogP contribution in [0.25, 0.3) is 0 Å². The number of alkyl halides is 1. The van der Waals surface area contributed by atoms with Gasteiger partial charge in [0.2, 0.25) is 0 Å². The number of esters is 2. The number of benzene rings is 2. The van der Waals surface area contributed by atoms with Crippen molar-refractivity contribution in [2.75, 3.05) is 78.7 Å². The van der Waals surface area contributed by atoms with Gasteiger partial charge in [0.05, 0.1) is 59.2 Å². The lowest BCUT2D eigenvalue weighted by molar-refractivity contribution is 0.0522. The van der Waals surface area contributed by atoms with Gasteiger partial charge in [0.1, 0.15) is 54.5 Å². The molecule has 1 N–H and O–H groups in total. The fraction of sp³-hybridized carbons (Fsp3) is 0.633. The summed E-state index contributed by atoms with van der Waals surface area (Å²) in [5.41, 5.74) is 8.38. The van der Waals surface area contributed by atoms with E-state index in [9.17, 15) is 23.8 Å². The fourth-order valence-corrected chi connectivity index (χ4v) is 8.73. The largest absolute Gasteiger partial charge is 0.496 e. The number of methoxy groups -OCH3 is 2.